The normalized spacial score (nSPS) is 10.9. The van der Waals surface area contributed by atoms with Crippen molar-refractivity contribution >= 4 is 17.5 Å². The van der Waals surface area contributed by atoms with Crippen LogP contribution in [0.3, 0.4) is 0 Å². The Labute approximate surface area is 119 Å². The number of pyridine rings is 1. The summed E-state index contributed by atoms with van der Waals surface area (Å²) in [6.45, 7) is 4.19. The number of anilines is 1. The molecule has 0 saturated heterocycles. The zero-order valence-corrected chi connectivity index (χ0v) is 12.2. The highest BCUT2D eigenvalue weighted by Crippen LogP contribution is 2.11. The lowest BCUT2D eigenvalue weighted by atomic mass is 10.1. The van der Waals surface area contributed by atoms with Crippen molar-refractivity contribution in [2.24, 2.45) is 0 Å². The predicted molar refractivity (Wildman–Crippen MR) is 79.7 cm³/mol. The third-order valence-corrected chi connectivity index (χ3v) is 3.32. The topological polar surface area (TPSA) is 59.3 Å². The number of carbonyl (C=O) groups is 1. The van der Waals surface area contributed by atoms with E-state index < -0.39 is 0 Å². The number of unbranched alkanes of at least 4 members (excludes halogenated alkanes) is 4. The molecule has 2 aromatic rings. The van der Waals surface area contributed by atoms with Gasteiger partial charge in [-0.05, 0) is 31.0 Å². The average molecular weight is 274 g/mol. The van der Waals surface area contributed by atoms with Crippen molar-refractivity contribution < 1.29 is 4.79 Å². The van der Waals surface area contributed by atoms with Gasteiger partial charge in [0.1, 0.15) is 0 Å². The number of rotatable bonds is 7. The van der Waals surface area contributed by atoms with E-state index in [0.29, 0.717) is 12.4 Å². The Kier molecular flexibility index (Phi) is 5.09. The van der Waals surface area contributed by atoms with Crippen molar-refractivity contribution in [3.8, 4) is 0 Å². The lowest BCUT2D eigenvalue weighted by molar-refractivity contribution is -0.116. The maximum atomic E-state index is 11.9. The summed E-state index contributed by atoms with van der Waals surface area (Å²) in [5, 5.41) is 10.9. The summed E-state index contributed by atoms with van der Waals surface area (Å²) < 4.78 is 1.79. The lowest BCUT2D eigenvalue weighted by Gasteiger charge is -2.03. The summed E-state index contributed by atoms with van der Waals surface area (Å²) in [7, 11) is 0. The highest BCUT2D eigenvalue weighted by Gasteiger charge is 2.08. The molecule has 1 N–H and O–H groups in total. The summed E-state index contributed by atoms with van der Waals surface area (Å²) in [6, 6.07) is 3.91. The third kappa shape index (κ3) is 3.79. The van der Waals surface area contributed by atoms with Crippen molar-refractivity contribution in [2.75, 3.05) is 5.32 Å². The number of amides is 1. The maximum absolute atomic E-state index is 11.9. The van der Waals surface area contributed by atoms with E-state index in [0.717, 1.165) is 24.1 Å². The monoisotopic (exact) mass is 274 g/mol. The van der Waals surface area contributed by atoms with Gasteiger partial charge in [0.15, 0.2) is 5.65 Å². The zero-order chi connectivity index (χ0) is 14.4. The molecule has 0 saturated carbocycles. The molecule has 0 aliphatic carbocycles. The second-order valence-electron chi connectivity index (χ2n) is 5.17. The SMILES string of the molecule is CCCCCCCC(=O)Nc1nnc2cc(C)ccn12. The van der Waals surface area contributed by atoms with Crippen LogP contribution in [0.2, 0.25) is 0 Å². The van der Waals surface area contributed by atoms with Crippen molar-refractivity contribution in [1.82, 2.24) is 14.6 Å². The minimum absolute atomic E-state index is 0.0105. The highest BCUT2D eigenvalue weighted by molar-refractivity contribution is 5.89. The summed E-state index contributed by atoms with van der Waals surface area (Å²) >= 11 is 0. The molecule has 108 valence electrons. The molecular weight excluding hydrogens is 252 g/mol. The number of aromatic nitrogens is 3. The van der Waals surface area contributed by atoms with Crippen molar-refractivity contribution in [3.63, 3.8) is 0 Å². The lowest BCUT2D eigenvalue weighted by Crippen LogP contribution is -2.13. The van der Waals surface area contributed by atoms with Gasteiger partial charge in [-0.1, -0.05) is 32.6 Å². The van der Waals surface area contributed by atoms with Crippen molar-refractivity contribution in [3.05, 3.63) is 23.9 Å². The van der Waals surface area contributed by atoms with E-state index in [-0.39, 0.29) is 5.91 Å². The van der Waals surface area contributed by atoms with E-state index in [2.05, 4.69) is 22.4 Å². The number of aryl methyl sites for hydroxylation is 1. The minimum atomic E-state index is 0.0105. The Morgan fingerprint density at radius 2 is 2.05 bits per heavy atom. The number of carbonyl (C=O) groups excluding carboxylic acids is 1. The Morgan fingerprint density at radius 1 is 1.25 bits per heavy atom. The smallest absolute Gasteiger partial charge is 0.235 e. The minimum Gasteiger partial charge on any atom is -0.294 e. The molecule has 2 rings (SSSR count). The fourth-order valence-electron chi connectivity index (χ4n) is 2.15. The van der Waals surface area contributed by atoms with Gasteiger partial charge in [-0.15, -0.1) is 10.2 Å². The Morgan fingerprint density at radius 3 is 2.85 bits per heavy atom. The van der Waals surface area contributed by atoms with Crippen LogP contribution < -0.4 is 5.32 Å². The third-order valence-electron chi connectivity index (χ3n) is 3.32. The molecule has 0 spiro atoms. The highest BCUT2D eigenvalue weighted by atomic mass is 16.1. The quantitative estimate of drug-likeness (QED) is 0.788. The number of hydrogen-bond donors (Lipinski definition) is 1. The summed E-state index contributed by atoms with van der Waals surface area (Å²) in [4.78, 5) is 11.9. The molecule has 20 heavy (non-hydrogen) atoms. The van der Waals surface area contributed by atoms with Gasteiger partial charge in [0.2, 0.25) is 11.9 Å². The number of hydrogen-bond acceptors (Lipinski definition) is 3. The molecule has 0 radical (unpaired) electrons. The van der Waals surface area contributed by atoms with E-state index in [1.165, 1.54) is 19.3 Å². The summed E-state index contributed by atoms with van der Waals surface area (Å²) in [5.74, 6) is 0.509. The second-order valence-corrected chi connectivity index (χ2v) is 5.17. The molecule has 0 fully saturated rings. The zero-order valence-electron chi connectivity index (χ0n) is 12.2. The number of nitrogens with zero attached hydrogens (tertiary/aromatic N) is 3. The molecular formula is C15H22N4O. The fraction of sp³-hybridized carbons (Fsp3) is 0.533. The Bertz CT molecular complexity index is 576. The first-order valence-electron chi connectivity index (χ1n) is 7.32. The molecule has 5 nitrogen and oxygen atoms in total. The van der Waals surface area contributed by atoms with Crippen molar-refractivity contribution in [1.29, 1.82) is 0 Å². The van der Waals surface area contributed by atoms with Gasteiger partial charge in [-0.25, -0.2) is 0 Å². The molecule has 0 unspecified atom stereocenters. The van der Waals surface area contributed by atoms with Gasteiger partial charge in [0.05, 0.1) is 0 Å². The van der Waals surface area contributed by atoms with Gasteiger partial charge in [0, 0.05) is 12.6 Å². The van der Waals surface area contributed by atoms with Crippen LogP contribution in [0, 0.1) is 6.92 Å². The molecule has 0 aliphatic heterocycles. The number of nitrogens with one attached hydrogen (secondary N) is 1. The number of fused-ring (bicyclic) bond motifs is 1. The van der Waals surface area contributed by atoms with Crippen LogP contribution in [0.15, 0.2) is 18.3 Å². The Hall–Kier alpha value is -1.91. The molecule has 5 heteroatoms. The van der Waals surface area contributed by atoms with E-state index in [1.54, 1.807) is 4.40 Å². The first-order chi connectivity index (χ1) is 9.70. The summed E-state index contributed by atoms with van der Waals surface area (Å²) in [5.41, 5.74) is 1.88. The Balaban J connectivity index is 1.87. The van der Waals surface area contributed by atoms with Crippen molar-refractivity contribution in [2.45, 2.75) is 52.4 Å². The first kappa shape index (κ1) is 14.5. The van der Waals surface area contributed by atoms with E-state index in [9.17, 15) is 4.79 Å². The molecule has 2 aromatic heterocycles. The van der Waals surface area contributed by atoms with Crippen LogP contribution in [-0.4, -0.2) is 20.5 Å². The van der Waals surface area contributed by atoms with E-state index in [4.69, 9.17) is 0 Å². The predicted octanol–water partition coefficient (Wildman–Crippen LogP) is 3.34. The fourth-order valence-corrected chi connectivity index (χ4v) is 2.15. The standard InChI is InChI=1S/C15H22N4O/c1-3-4-5-6-7-8-14(20)16-15-18-17-13-11-12(2)9-10-19(13)15/h9-11H,3-8H2,1-2H3,(H,16,18,20). The first-order valence-corrected chi connectivity index (χ1v) is 7.32. The van der Waals surface area contributed by atoms with Crippen LogP contribution in [0.25, 0.3) is 5.65 Å². The molecule has 0 aliphatic rings. The van der Waals surface area contributed by atoms with Crippen LogP contribution in [0.1, 0.15) is 51.0 Å². The summed E-state index contributed by atoms with van der Waals surface area (Å²) in [6.07, 6.45) is 8.14. The van der Waals surface area contributed by atoms with Crippen LogP contribution in [-0.2, 0) is 4.79 Å². The maximum Gasteiger partial charge on any atom is 0.235 e. The molecule has 0 bridgehead atoms. The van der Waals surface area contributed by atoms with E-state index >= 15 is 0 Å². The second kappa shape index (κ2) is 7.03. The molecule has 0 atom stereocenters. The van der Waals surface area contributed by atoms with Gasteiger partial charge < -0.3 is 0 Å². The largest absolute Gasteiger partial charge is 0.294 e. The average Bonchev–Trinajstić information content (AvgIpc) is 2.81. The molecule has 1 amide bonds. The van der Waals surface area contributed by atoms with Gasteiger partial charge in [0.25, 0.3) is 0 Å². The molecule has 2 heterocycles. The van der Waals surface area contributed by atoms with Gasteiger partial charge >= 0.3 is 0 Å². The van der Waals surface area contributed by atoms with Crippen LogP contribution >= 0.6 is 0 Å². The van der Waals surface area contributed by atoms with Crippen LogP contribution in [0.5, 0.6) is 0 Å². The van der Waals surface area contributed by atoms with E-state index in [1.807, 2.05) is 25.3 Å². The van der Waals surface area contributed by atoms with Crippen LogP contribution in [0.4, 0.5) is 5.95 Å². The van der Waals surface area contributed by atoms with Gasteiger partial charge in [-0.2, -0.15) is 0 Å². The molecule has 0 aromatic carbocycles. The van der Waals surface area contributed by atoms with Gasteiger partial charge in [-0.3, -0.25) is 14.5 Å².